The van der Waals surface area contributed by atoms with Crippen LogP contribution in [0.2, 0.25) is 0 Å². The minimum absolute atomic E-state index is 0.154. The fourth-order valence-electron chi connectivity index (χ4n) is 2.47. The molecule has 4 heteroatoms. The van der Waals surface area contributed by atoms with Crippen molar-refractivity contribution in [3.8, 4) is 0 Å². The fourth-order valence-corrected chi connectivity index (χ4v) is 4.00. The van der Waals surface area contributed by atoms with Crippen LogP contribution in [0.15, 0.2) is 51.8 Å². The Labute approximate surface area is 131 Å². The van der Waals surface area contributed by atoms with Gasteiger partial charge in [0.2, 0.25) is 0 Å². The lowest BCUT2D eigenvalue weighted by Crippen LogP contribution is -2.24. The predicted molar refractivity (Wildman–Crippen MR) is 85.5 cm³/mol. The standard InChI is InChI=1S/C16H15BrFNS/c17-12-5-6-14(18)11(9-12)10-19-15-7-8-20-16-4-2-1-3-13(15)16/h1-6,9,15,19H,7-8,10H2. The molecular weight excluding hydrogens is 337 g/mol. The lowest BCUT2D eigenvalue weighted by Gasteiger charge is -2.26. The highest BCUT2D eigenvalue weighted by Crippen LogP contribution is 2.36. The smallest absolute Gasteiger partial charge is 0.127 e. The second-order valence-corrected chi connectivity index (χ2v) is 6.90. The molecule has 1 heterocycles. The molecule has 2 aromatic carbocycles. The van der Waals surface area contributed by atoms with E-state index in [0.717, 1.165) is 16.6 Å². The van der Waals surface area contributed by atoms with Crippen molar-refractivity contribution >= 4 is 27.7 Å². The van der Waals surface area contributed by atoms with Gasteiger partial charge < -0.3 is 5.32 Å². The molecular formula is C16H15BrFNS. The summed E-state index contributed by atoms with van der Waals surface area (Å²) in [4.78, 5) is 1.34. The molecule has 0 aliphatic carbocycles. The zero-order valence-corrected chi connectivity index (χ0v) is 13.3. The molecule has 0 bridgehead atoms. The molecule has 104 valence electrons. The molecule has 1 unspecified atom stereocenters. The van der Waals surface area contributed by atoms with Crippen LogP contribution >= 0.6 is 27.7 Å². The van der Waals surface area contributed by atoms with Crippen molar-refractivity contribution < 1.29 is 4.39 Å². The van der Waals surface area contributed by atoms with Gasteiger partial charge in [-0.25, -0.2) is 4.39 Å². The molecule has 0 saturated heterocycles. The maximum atomic E-state index is 13.8. The van der Waals surface area contributed by atoms with Crippen LogP contribution in [0.3, 0.4) is 0 Å². The lowest BCUT2D eigenvalue weighted by atomic mass is 10.0. The average Bonchev–Trinajstić information content (AvgIpc) is 2.48. The minimum Gasteiger partial charge on any atom is -0.306 e. The molecule has 0 radical (unpaired) electrons. The Hall–Kier alpha value is -0.840. The zero-order chi connectivity index (χ0) is 13.9. The van der Waals surface area contributed by atoms with Gasteiger partial charge in [-0.15, -0.1) is 11.8 Å². The summed E-state index contributed by atoms with van der Waals surface area (Å²) in [7, 11) is 0. The monoisotopic (exact) mass is 351 g/mol. The largest absolute Gasteiger partial charge is 0.306 e. The maximum absolute atomic E-state index is 13.8. The molecule has 0 saturated carbocycles. The summed E-state index contributed by atoms with van der Waals surface area (Å²) < 4.78 is 14.7. The minimum atomic E-state index is -0.154. The Kier molecular flexibility index (Phi) is 4.44. The molecule has 3 rings (SSSR count). The van der Waals surface area contributed by atoms with Crippen LogP contribution in [-0.4, -0.2) is 5.75 Å². The highest BCUT2D eigenvalue weighted by Gasteiger charge is 2.19. The third kappa shape index (κ3) is 3.08. The first-order chi connectivity index (χ1) is 9.74. The van der Waals surface area contributed by atoms with Crippen LogP contribution in [0, 0.1) is 5.82 Å². The normalized spacial score (nSPS) is 17.8. The second-order valence-electron chi connectivity index (χ2n) is 4.84. The SMILES string of the molecule is Fc1ccc(Br)cc1CNC1CCSc2ccccc21. The molecule has 1 atom stereocenters. The molecule has 1 aliphatic rings. The Morgan fingerprint density at radius 3 is 3.00 bits per heavy atom. The van der Waals surface area contributed by atoms with Gasteiger partial charge in [0, 0.05) is 27.5 Å². The Balaban J connectivity index is 1.75. The summed E-state index contributed by atoms with van der Waals surface area (Å²) in [6, 6.07) is 13.8. The number of hydrogen-bond donors (Lipinski definition) is 1. The van der Waals surface area contributed by atoms with Gasteiger partial charge in [-0.2, -0.15) is 0 Å². The quantitative estimate of drug-likeness (QED) is 0.842. The Morgan fingerprint density at radius 2 is 2.10 bits per heavy atom. The lowest BCUT2D eigenvalue weighted by molar-refractivity contribution is 0.497. The number of hydrogen-bond acceptors (Lipinski definition) is 2. The van der Waals surface area contributed by atoms with Gasteiger partial charge in [0.25, 0.3) is 0 Å². The van der Waals surface area contributed by atoms with E-state index in [2.05, 4.69) is 45.5 Å². The topological polar surface area (TPSA) is 12.0 Å². The van der Waals surface area contributed by atoms with E-state index in [0.29, 0.717) is 18.2 Å². The number of fused-ring (bicyclic) bond motifs is 1. The zero-order valence-electron chi connectivity index (χ0n) is 10.9. The number of halogens is 2. The number of nitrogens with one attached hydrogen (secondary N) is 1. The van der Waals surface area contributed by atoms with Crippen LogP contribution in [-0.2, 0) is 6.54 Å². The van der Waals surface area contributed by atoms with Crippen LogP contribution in [0.25, 0.3) is 0 Å². The first-order valence-electron chi connectivity index (χ1n) is 6.63. The highest BCUT2D eigenvalue weighted by atomic mass is 79.9. The molecule has 1 nitrogen and oxygen atoms in total. The molecule has 20 heavy (non-hydrogen) atoms. The Morgan fingerprint density at radius 1 is 1.25 bits per heavy atom. The molecule has 1 aliphatic heterocycles. The fraction of sp³-hybridized carbons (Fsp3) is 0.250. The van der Waals surface area contributed by atoms with E-state index in [4.69, 9.17) is 0 Å². The van der Waals surface area contributed by atoms with E-state index in [1.165, 1.54) is 16.5 Å². The number of rotatable bonds is 3. The third-order valence-electron chi connectivity index (χ3n) is 3.51. The predicted octanol–water partition coefficient (Wildman–Crippen LogP) is 4.91. The second kappa shape index (κ2) is 6.29. The van der Waals surface area contributed by atoms with Gasteiger partial charge in [0.15, 0.2) is 0 Å². The molecule has 0 amide bonds. The van der Waals surface area contributed by atoms with Gasteiger partial charge in [-0.05, 0) is 42.0 Å². The van der Waals surface area contributed by atoms with Crippen molar-refractivity contribution in [3.05, 3.63) is 63.9 Å². The van der Waals surface area contributed by atoms with Crippen molar-refractivity contribution in [1.29, 1.82) is 0 Å². The summed E-state index contributed by atoms with van der Waals surface area (Å²) in [5, 5.41) is 3.49. The van der Waals surface area contributed by atoms with E-state index in [9.17, 15) is 4.39 Å². The summed E-state index contributed by atoms with van der Waals surface area (Å²) in [6.45, 7) is 0.551. The molecule has 0 aromatic heterocycles. The molecule has 2 aromatic rings. The summed E-state index contributed by atoms with van der Waals surface area (Å²) in [6.07, 6.45) is 1.08. The van der Waals surface area contributed by atoms with E-state index in [1.54, 1.807) is 6.07 Å². The van der Waals surface area contributed by atoms with Gasteiger partial charge >= 0.3 is 0 Å². The molecule has 0 fully saturated rings. The van der Waals surface area contributed by atoms with Crippen LogP contribution in [0.4, 0.5) is 4.39 Å². The van der Waals surface area contributed by atoms with Gasteiger partial charge in [-0.1, -0.05) is 34.1 Å². The van der Waals surface area contributed by atoms with Crippen molar-refractivity contribution in [3.63, 3.8) is 0 Å². The highest BCUT2D eigenvalue weighted by molar-refractivity contribution is 9.10. The van der Waals surface area contributed by atoms with Gasteiger partial charge in [0.05, 0.1) is 0 Å². The van der Waals surface area contributed by atoms with Crippen molar-refractivity contribution in [2.75, 3.05) is 5.75 Å². The summed E-state index contributed by atoms with van der Waals surface area (Å²) in [5.74, 6) is 0.953. The summed E-state index contributed by atoms with van der Waals surface area (Å²) in [5.41, 5.74) is 2.04. The van der Waals surface area contributed by atoms with Crippen LogP contribution in [0.1, 0.15) is 23.6 Å². The Bertz CT molecular complexity index is 617. The number of thioether (sulfide) groups is 1. The van der Waals surface area contributed by atoms with Gasteiger partial charge in [0.1, 0.15) is 5.82 Å². The third-order valence-corrected chi connectivity index (χ3v) is 5.12. The van der Waals surface area contributed by atoms with E-state index in [-0.39, 0.29) is 5.82 Å². The average molecular weight is 352 g/mol. The summed E-state index contributed by atoms with van der Waals surface area (Å²) >= 11 is 5.29. The van der Waals surface area contributed by atoms with E-state index < -0.39 is 0 Å². The first kappa shape index (κ1) is 14.1. The first-order valence-corrected chi connectivity index (χ1v) is 8.41. The molecule has 0 spiro atoms. The van der Waals surface area contributed by atoms with Crippen molar-refractivity contribution in [1.82, 2.24) is 5.32 Å². The van der Waals surface area contributed by atoms with E-state index in [1.807, 2.05) is 17.8 Å². The molecule has 1 N–H and O–H groups in total. The number of benzene rings is 2. The van der Waals surface area contributed by atoms with Crippen LogP contribution < -0.4 is 5.32 Å². The van der Waals surface area contributed by atoms with Crippen LogP contribution in [0.5, 0.6) is 0 Å². The van der Waals surface area contributed by atoms with Gasteiger partial charge in [-0.3, -0.25) is 0 Å². The van der Waals surface area contributed by atoms with E-state index >= 15 is 0 Å². The maximum Gasteiger partial charge on any atom is 0.127 e. The van der Waals surface area contributed by atoms with Crippen molar-refractivity contribution in [2.24, 2.45) is 0 Å². The van der Waals surface area contributed by atoms with Crippen molar-refractivity contribution in [2.45, 2.75) is 23.9 Å².